The minimum absolute atomic E-state index is 0.0628. The highest BCUT2D eigenvalue weighted by Crippen LogP contribution is 2.31. The average Bonchev–Trinajstić information content (AvgIpc) is 3.02. The molecule has 6 nitrogen and oxygen atoms in total. The third-order valence-corrected chi connectivity index (χ3v) is 5.37. The molecule has 0 saturated carbocycles. The second-order valence-electron chi connectivity index (χ2n) is 7.66. The molecule has 2 atom stereocenters. The molecule has 0 aliphatic carbocycles. The van der Waals surface area contributed by atoms with Crippen LogP contribution in [0.1, 0.15) is 18.1 Å². The average molecular weight is 381 g/mol. The van der Waals surface area contributed by atoms with Gasteiger partial charge in [-0.1, -0.05) is 18.2 Å². The second-order valence-corrected chi connectivity index (χ2v) is 7.66. The Morgan fingerprint density at radius 1 is 1.32 bits per heavy atom. The maximum absolute atomic E-state index is 13.0. The van der Waals surface area contributed by atoms with Crippen LogP contribution in [-0.4, -0.2) is 60.8 Å². The summed E-state index contributed by atoms with van der Waals surface area (Å²) in [4.78, 5) is 21.3. The number of hydrogen-bond donors (Lipinski definition) is 0. The van der Waals surface area contributed by atoms with E-state index < -0.39 is 0 Å². The number of morpholine rings is 1. The van der Waals surface area contributed by atoms with Crippen LogP contribution in [0.25, 0.3) is 0 Å². The van der Waals surface area contributed by atoms with Gasteiger partial charge >= 0.3 is 0 Å². The Balaban J connectivity index is 1.33. The molecule has 3 heterocycles. The first-order valence-corrected chi connectivity index (χ1v) is 9.89. The van der Waals surface area contributed by atoms with Crippen molar-refractivity contribution in [1.82, 2.24) is 9.88 Å². The van der Waals surface area contributed by atoms with Gasteiger partial charge in [0.15, 0.2) is 0 Å². The van der Waals surface area contributed by atoms with Crippen molar-refractivity contribution >= 4 is 11.6 Å². The van der Waals surface area contributed by atoms with Gasteiger partial charge in [0, 0.05) is 37.1 Å². The summed E-state index contributed by atoms with van der Waals surface area (Å²) >= 11 is 0. The van der Waals surface area contributed by atoms with Gasteiger partial charge in [-0.3, -0.25) is 9.69 Å². The van der Waals surface area contributed by atoms with Crippen LogP contribution in [0.5, 0.6) is 5.88 Å². The highest BCUT2D eigenvalue weighted by molar-refractivity contribution is 5.97. The summed E-state index contributed by atoms with van der Waals surface area (Å²) in [7, 11) is 0. The lowest BCUT2D eigenvalue weighted by atomic mass is 10.1. The number of aryl methyl sites for hydroxylation is 1. The number of benzene rings is 1. The molecule has 1 saturated heterocycles. The molecule has 2 aliphatic rings. The van der Waals surface area contributed by atoms with Gasteiger partial charge < -0.3 is 14.4 Å². The molecule has 6 heteroatoms. The predicted octanol–water partition coefficient (Wildman–Crippen LogP) is 2.45. The fourth-order valence-electron chi connectivity index (χ4n) is 4.00. The first kappa shape index (κ1) is 18.9. The van der Waals surface area contributed by atoms with E-state index in [-0.39, 0.29) is 18.1 Å². The Morgan fingerprint density at radius 2 is 2.18 bits per heavy atom. The van der Waals surface area contributed by atoms with Gasteiger partial charge in [0.25, 0.3) is 0 Å². The minimum Gasteiger partial charge on any atom is -0.475 e. The number of carbonyl (C=O) groups excluding carboxylic acids is 1. The van der Waals surface area contributed by atoms with Crippen LogP contribution in [-0.2, 0) is 16.0 Å². The van der Waals surface area contributed by atoms with Crippen LogP contribution in [0, 0.1) is 6.92 Å². The van der Waals surface area contributed by atoms with Gasteiger partial charge in [-0.25, -0.2) is 4.98 Å². The van der Waals surface area contributed by atoms with Crippen molar-refractivity contribution < 1.29 is 14.3 Å². The summed E-state index contributed by atoms with van der Waals surface area (Å²) in [6.45, 7) is 7.01. The fraction of sp³-hybridized carbons (Fsp3) is 0.455. The van der Waals surface area contributed by atoms with Crippen LogP contribution in [0.15, 0.2) is 42.6 Å². The van der Waals surface area contributed by atoms with Gasteiger partial charge in [-0.15, -0.1) is 0 Å². The number of nitrogens with zero attached hydrogens (tertiary/aromatic N) is 3. The number of amides is 1. The van der Waals surface area contributed by atoms with E-state index in [0.717, 1.165) is 24.2 Å². The zero-order valence-electron chi connectivity index (χ0n) is 16.5. The van der Waals surface area contributed by atoms with Crippen LogP contribution in [0.3, 0.4) is 0 Å². The summed E-state index contributed by atoms with van der Waals surface area (Å²) in [5.41, 5.74) is 3.42. The van der Waals surface area contributed by atoms with Crippen molar-refractivity contribution in [3.8, 4) is 5.88 Å². The molecule has 0 bridgehead atoms. The van der Waals surface area contributed by atoms with E-state index >= 15 is 0 Å². The van der Waals surface area contributed by atoms with E-state index in [1.165, 1.54) is 5.56 Å². The molecule has 1 aromatic carbocycles. The van der Waals surface area contributed by atoms with Gasteiger partial charge in [-0.05, 0) is 43.5 Å². The summed E-state index contributed by atoms with van der Waals surface area (Å²) in [6.07, 6.45) is 2.60. The lowest BCUT2D eigenvalue weighted by Crippen LogP contribution is -2.50. The molecule has 1 fully saturated rings. The molecule has 28 heavy (non-hydrogen) atoms. The monoisotopic (exact) mass is 381 g/mol. The van der Waals surface area contributed by atoms with Gasteiger partial charge in [-0.2, -0.15) is 0 Å². The highest BCUT2D eigenvalue weighted by atomic mass is 16.5. The zero-order chi connectivity index (χ0) is 19.5. The number of ether oxygens (including phenoxy) is 2. The first-order valence-electron chi connectivity index (χ1n) is 9.89. The first-order chi connectivity index (χ1) is 13.6. The summed E-state index contributed by atoms with van der Waals surface area (Å²) in [5.74, 6) is 0.763. The quantitative estimate of drug-likeness (QED) is 0.796. The van der Waals surface area contributed by atoms with Crippen molar-refractivity contribution in [3.63, 3.8) is 0 Å². The van der Waals surface area contributed by atoms with Crippen LogP contribution in [0.4, 0.5) is 5.69 Å². The number of anilines is 1. The highest BCUT2D eigenvalue weighted by Gasteiger charge is 2.32. The smallest absolute Gasteiger partial charge is 0.241 e. The number of pyridine rings is 1. The standard InChI is InChI=1S/C22H27N3O3/c1-16-7-8-23-21(11-16)28-15-19-13-24(9-10-27-19)14-22(26)25-17(2)12-18-5-3-4-6-20(18)25/h3-8,11,17,19H,9-10,12-15H2,1-2H3/t17?,19-/m1/s1. The maximum Gasteiger partial charge on any atom is 0.241 e. The van der Waals surface area contributed by atoms with E-state index in [9.17, 15) is 4.79 Å². The summed E-state index contributed by atoms with van der Waals surface area (Å²) < 4.78 is 11.6. The Bertz CT molecular complexity index is 841. The number of fused-ring (bicyclic) bond motifs is 1. The van der Waals surface area contributed by atoms with E-state index in [0.29, 0.717) is 32.2 Å². The molecular formula is C22H27N3O3. The lowest BCUT2D eigenvalue weighted by molar-refractivity contribution is -0.122. The predicted molar refractivity (Wildman–Crippen MR) is 108 cm³/mol. The molecule has 4 rings (SSSR count). The van der Waals surface area contributed by atoms with E-state index in [2.05, 4.69) is 22.9 Å². The molecular weight excluding hydrogens is 354 g/mol. The third-order valence-electron chi connectivity index (χ3n) is 5.37. The minimum atomic E-state index is -0.0628. The number of hydrogen-bond acceptors (Lipinski definition) is 5. The molecule has 1 unspecified atom stereocenters. The fourth-order valence-corrected chi connectivity index (χ4v) is 4.00. The molecule has 1 aromatic heterocycles. The number of carbonyl (C=O) groups is 1. The van der Waals surface area contributed by atoms with Crippen molar-refractivity contribution in [2.24, 2.45) is 0 Å². The molecule has 2 aliphatic heterocycles. The lowest BCUT2D eigenvalue weighted by Gasteiger charge is -2.34. The molecule has 0 spiro atoms. The normalized spacial score (nSPS) is 22.1. The molecule has 148 valence electrons. The van der Waals surface area contributed by atoms with Crippen molar-refractivity contribution in [3.05, 3.63) is 53.7 Å². The topological polar surface area (TPSA) is 54.9 Å². The van der Waals surface area contributed by atoms with Crippen molar-refractivity contribution in [1.29, 1.82) is 0 Å². The molecule has 0 radical (unpaired) electrons. The van der Waals surface area contributed by atoms with E-state index in [1.807, 2.05) is 42.2 Å². The number of para-hydroxylation sites is 1. The van der Waals surface area contributed by atoms with Crippen LogP contribution in [0.2, 0.25) is 0 Å². The second kappa shape index (κ2) is 8.29. The third kappa shape index (κ3) is 4.18. The zero-order valence-corrected chi connectivity index (χ0v) is 16.5. The SMILES string of the molecule is Cc1ccnc(OC[C@H]2CN(CC(=O)N3c4ccccc4CC3C)CCO2)c1. The van der Waals surface area contributed by atoms with E-state index in [4.69, 9.17) is 9.47 Å². The van der Waals surface area contributed by atoms with E-state index in [1.54, 1.807) is 6.20 Å². The Labute approximate surface area is 166 Å². The van der Waals surface area contributed by atoms with Crippen LogP contribution < -0.4 is 9.64 Å². The van der Waals surface area contributed by atoms with Gasteiger partial charge in [0.2, 0.25) is 11.8 Å². The number of rotatable bonds is 5. The van der Waals surface area contributed by atoms with Crippen molar-refractivity contribution in [2.75, 3.05) is 37.7 Å². The Hall–Kier alpha value is -2.44. The Kier molecular flexibility index (Phi) is 5.59. The van der Waals surface area contributed by atoms with Gasteiger partial charge in [0.1, 0.15) is 12.7 Å². The van der Waals surface area contributed by atoms with Crippen molar-refractivity contribution in [2.45, 2.75) is 32.4 Å². The molecule has 0 N–H and O–H groups in total. The van der Waals surface area contributed by atoms with Crippen LogP contribution >= 0.6 is 0 Å². The number of aromatic nitrogens is 1. The largest absolute Gasteiger partial charge is 0.475 e. The summed E-state index contributed by atoms with van der Waals surface area (Å²) in [6, 6.07) is 12.2. The Morgan fingerprint density at radius 3 is 3.04 bits per heavy atom. The maximum atomic E-state index is 13.0. The summed E-state index contributed by atoms with van der Waals surface area (Å²) in [5, 5.41) is 0. The molecule has 1 amide bonds. The van der Waals surface area contributed by atoms with Gasteiger partial charge in [0.05, 0.1) is 13.2 Å². The molecule has 2 aromatic rings.